The highest BCUT2D eigenvalue weighted by atomic mass is 16.6. The van der Waals surface area contributed by atoms with Gasteiger partial charge in [-0.15, -0.1) is 0 Å². The third kappa shape index (κ3) is 3.47. The molecule has 1 aliphatic carbocycles. The number of carbonyl (C=O) groups excluding carboxylic acids is 1. The molecule has 0 bridgehead atoms. The largest absolute Gasteiger partial charge is 0.444 e. The van der Waals surface area contributed by atoms with E-state index in [0.717, 1.165) is 23.4 Å². The summed E-state index contributed by atoms with van der Waals surface area (Å²) in [7, 11) is 0. The van der Waals surface area contributed by atoms with E-state index >= 15 is 0 Å². The van der Waals surface area contributed by atoms with Crippen LogP contribution in [0.25, 0.3) is 11.0 Å². The maximum Gasteiger partial charge on any atom is 0.410 e. The van der Waals surface area contributed by atoms with Gasteiger partial charge in [-0.1, -0.05) is 0 Å². The van der Waals surface area contributed by atoms with Crippen LogP contribution in [0, 0.1) is 0 Å². The molecular formula is C20H29N5O2. The Morgan fingerprint density at radius 3 is 2.59 bits per heavy atom. The molecule has 1 saturated heterocycles. The lowest BCUT2D eigenvalue weighted by Gasteiger charge is -2.44. The van der Waals surface area contributed by atoms with Crippen LogP contribution in [0.1, 0.15) is 58.9 Å². The van der Waals surface area contributed by atoms with Crippen molar-refractivity contribution < 1.29 is 9.53 Å². The summed E-state index contributed by atoms with van der Waals surface area (Å²) in [6, 6.07) is 0.193. The summed E-state index contributed by atoms with van der Waals surface area (Å²) in [4.78, 5) is 29.1. The van der Waals surface area contributed by atoms with E-state index in [1.807, 2.05) is 25.7 Å². The Hall–Kier alpha value is -2.31. The van der Waals surface area contributed by atoms with Crippen molar-refractivity contribution in [1.29, 1.82) is 0 Å². The van der Waals surface area contributed by atoms with Crippen molar-refractivity contribution in [3.8, 4) is 0 Å². The fourth-order valence-corrected chi connectivity index (χ4v) is 3.90. The zero-order chi connectivity index (χ0) is 19.3. The lowest BCUT2D eigenvalue weighted by atomic mass is 10.1. The van der Waals surface area contributed by atoms with Crippen LogP contribution < -0.4 is 4.90 Å². The summed E-state index contributed by atoms with van der Waals surface area (Å²) in [6.45, 7) is 11.3. The number of hydrogen-bond donors (Lipinski definition) is 1. The van der Waals surface area contributed by atoms with E-state index in [1.165, 1.54) is 18.4 Å². The molecule has 0 spiro atoms. The second kappa shape index (κ2) is 6.39. The Morgan fingerprint density at radius 2 is 1.93 bits per heavy atom. The minimum Gasteiger partial charge on any atom is -0.444 e. The zero-order valence-electron chi connectivity index (χ0n) is 16.8. The van der Waals surface area contributed by atoms with Crippen molar-refractivity contribution in [1.82, 2.24) is 19.9 Å². The first kappa shape index (κ1) is 18.1. The summed E-state index contributed by atoms with van der Waals surface area (Å²) < 4.78 is 5.59. The number of H-pyrrole nitrogens is 1. The van der Waals surface area contributed by atoms with Gasteiger partial charge in [0.25, 0.3) is 0 Å². The third-order valence-electron chi connectivity index (χ3n) is 5.38. The number of rotatable bonds is 2. The highest BCUT2D eigenvalue weighted by Gasteiger charge is 2.37. The van der Waals surface area contributed by atoms with Gasteiger partial charge in [0, 0.05) is 31.4 Å². The van der Waals surface area contributed by atoms with Crippen LogP contribution in [-0.4, -0.2) is 56.7 Å². The zero-order valence-corrected chi connectivity index (χ0v) is 16.8. The van der Waals surface area contributed by atoms with Crippen LogP contribution in [0.2, 0.25) is 0 Å². The van der Waals surface area contributed by atoms with Gasteiger partial charge in [0.05, 0.1) is 5.39 Å². The number of aromatic nitrogens is 3. The fraction of sp³-hybridized carbons (Fsp3) is 0.650. The van der Waals surface area contributed by atoms with Crippen LogP contribution in [0.4, 0.5) is 10.6 Å². The number of hydrogen-bond acceptors (Lipinski definition) is 5. The van der Waals surface area contributed by atoms with Gasteiger partial charge >= 0.3 is 6.09 Å². The van der Waals surface area contributed by atoms with Gasteiger partial charge in [0.2, 0.25) is 0 Å². The summed E-state index contributed by atoms with van der Waals surface area (Å²) in [5.74, 6) is 1.60. The SMILES string of the molecule is C[C@@H]1CN(c2ncnc3[nH]cc(C4CC4)c23)[C@@H](C)CN1C(=O)OC(C)(C)C. The van der Waals surface area contributed by atoms with E-state index < -0.39 is 5.60 Å². The monoisotopic (exact) mass is 371 g/mol. The van der Waals surface area contributed by atoms with Gasteiger partial charge in [0.15, 0.2) is 0 Å². The van der Waals surface area contributed by atoms with Gasteiger partial charge in [-0.2, -0.15) is 0 Å². The van der Waals surface area contributed by atoms with Crippen molar-refractivity contribution in [2.24, 2.45) is 0 Å². The van der Waals surface area contributed by atoms with E-state index in [-0.39, 0.29) is 18.2 Å². The molecule has 7 heteroatoms. The lowest BCUT2D eigenvalue weighted by Crippen LogP contribution is -2.59. The van der Waals surface area contributed by atoms with Crippen molar-refractivity contribution in [3.63, 3.8) is 0 Å². The summed E-state index contributed by atoms with van der Waals surface area (Å²) in [5.41, 5.74) is 1.74. The van der Waals surface area contributed by atoms with Gasteiger partial charge in [-0.25, -0.2) is 14.8 Å². The van der Waals surface area contributed by atoms with Crippen LogP contribution in [0.5, 0.6) is 0 Å². The second-order valence-corrected chi connectivity index (χ2v) is 8.92. The van der Waals surface area contributed by atoms with Crippen LogP contribution in [0.3, 0.4) is 0 Å². The molecule has 2 aliphatic rings. The van der Waals surface area contributed by atoms with Crippen LogP contribution in [-0.2, 0) is 4.74 Å². The summed E-state index contributed by atoms with van der Waals surface area (Å²) in [6.07, 6.45) is 5.95. The number of piperazine rings is 1. The summed E-state index contributed by atoms with van der Waals surface area (Å²) in [5, 5.41) is 1.14. The smallest absolute Gasteiger partial charge is 0.410 e. The minimum absolute atomic E-state index is 0.0457. The molecule has 0 aromatic carbocycles. The number of fused-ring (bicyclic) bond motifs is 1. The Balaban J connectivity index is 1.61. The van der Waals surface area contributed by atoms with Crippen LogP contribution in [0.15, 0.2) is 12.5 Å². The topological polar surface area (TPSA) is 74.4 Å². The van der Waals surface area contributed by atoms with Gasteiger partial charge in [-0.3, -0.25) is 0 Å². The number of anilines is 1. The maximum absolute atomic E-state index is 12.6. The number of nitrogens with one attached hydrogen (secondary N) is 1. The molecule has 1 amide bonds. The Labute approximate surface area is 160 Å². The van der Waals surface area contributed by atoms with E-state index in [0.29, 0.717) is 12.5 Å². The fourth-order valence-electron chi connectivity index (χ4n) is 3.90. The lowest BCUT2D eigenvalue weighted by molar-refractivity contribution is 0.0130. The Morgan fingerprint density at radius 1 is 1.19 bits per heavy atom. The number of aromatic amines is 1. The first-order valence-electron chi connectivity index (χ1n) is 9.83. The second-order valence-electron chi connectivity index (χ2n) is 8.92. The van der Waals surface area contributed by atoms with Gasteiger partial charge in [0.1, 0.15) is 23.4 Å². The van der Waals surface area contributed by atoms with Crippen molar-refractivity contribution in [3.05, 3.63) is 18.1 Å². The molecule has 27 heavy (non-hydrogen) atoms. The molecule has 2 fully saturated rings. The molecule has 2 atom stereocenters. The number of amides is 1. The molecule has 0 radical (unpaired) electrons. The maximum atomic E-state index is 12.6. The van der Waals surface area contributed by atoms with Gasteiger partial charge in [-0.05, 0) is 58.9 Å². The highest BCUT2D eigenvalue weighted by Crippen LogP contribution is 2.45. The van der Waals surface area contributed by atoms with Crippen molar-refractivity contribution in [2.75, 3.05) is 18.0 Å². The Bertz CT molecular complexity index is 852. The van der Waals surface area contributed by atoms with E-state index in [2.05, 4.69) is 39.9 Å². The minimum atomic E-state index is -0.486. The highest BCUT2D eigenvalue weighted by molar-refractivity contribution is 5.92. The van der Waals surface area contributed by atoms with Crippen LogP contribution >= 0.6 is 0 Å². The molecule has 1 aliphatic heterocycles. The van der Waals surface area contributed by atoms with E-state index in [4.69, 9.17) is 4.74 Å². The number of carbonyl (C=O) groups is 1. The van der Waals surface area contributed by atoms with E-state index in [9.17, 15) is 4.79 Å². The molecule has 4 rings (SSSR count). The molecule has 0 unspecified atom stereocenters. The number of ether oxygens (including phenoxy) is 1. The number of nitrogens with zero attached hydrogens (tertiary/aromatic N) is 4. The standard InChI is InChI=1S/C20H29N5O2/c1-12-10-25(19(26)27-20(3,4)5)13(2)9-24(12)18-16-15(14-6-7-14)8-21-17(16)22-11-23-18/h8,11-14H,6-7,9-10H2,1-5H3,(H,21,22,23)/t12-,13+/m0/s1. The molecule has 1 N–H and O–H groups in total. The molecule has 146 valence electrons. The molecule has 2 aromatic rings. The first-order chi connectivity index (χ1) is 12.7. The summed E-state index contributed by atoms with van der Waals surface area (Å²) >= 11 is 0. The average molecular weight is 371 g/mol. The normalized spacial score (nSPS) is 23.7. The van der Waals surface area contributed by atoms with Crippen molar-refractivity contribution in [2.45, 2.75) is 71.1 Å². The average Bonchev–Trinajstić information content (AvgIpc) is 3.33. The quantitative estimate of drug-likeness (QED) is 0.872. The molecule has 2 aromatic heterocycles. The molecule has 7 nitrogen and oxygen atoms in total. The van der Waals surface area contributed by atoms with Crippen molar-refractivity contribution >= 4 is 22.9 Å². The van der Waals surface area contributed by atoms with Gasteiger partial charge < -0.3 is 19.5 Å². The molecular weight excluding hydrogens is 342 g/mol. The predicted molar refractivity (Wildman–Crippen MR) is 105 cm³/mol. The Kier molecular flexibility index (Phi) is 4.28. The predicted octanol–water partition coefficient (Wildman–Crippen LogP) is 3.67. The molecule has 1 saturated carbocycles. The first-order valence-corrected chi connectivity index (χ1v) is 9.83. The van der Waals surface area contributed by atoms with E-state index in [1.54, 1.807) is 6.33 Å². The third-order valence-corrected chi connectivity index (χ3v) is 5.38. The molecule has 3 heterocycles.